The summed E-state index contributed by atoms with van der Waals surface area (Å²) in [5.74, 6) is 0.831. The van der Waals surface area contributed by atoms with E-state index in [4.69, 9.17) is 4.74 Å². The van der Waals surface area contributed by atoms with E-state index >= 15 is 0 Å². The smallest absolute Gasteiger partial charge is 0.259 e. The molecule has 4 rings (SSSR count). The molecule has 0 bridgehead atoms. The molecule has 0 aliphatic carbocycles. The Morgan fingerprint density at radius 1 is 1.39 bits per heavy atom. The van der Waals surface area contributed by atoms with E-state index in [0.717, 1.165) is 47.5 Å². The number of carbonyl (C=O) groups is 1. The van der Waals surface area contributed by atoms with Crippen LogP contribution in [-0.4, -0.2) is 46.2 Å². The number of pyridine rings is 2. The van der Waals surface area contributed by atoms with E-state index in [1.807, 2.05) is 24.4 Å². The van der Waals surface area contributed by atoms with Crippen LogP contribution < -0.4 is 10.9 Å². The highest BCUT2D eigenvalue weighted by atomic mass is 32.1. The highest BCUT2D eigenvalue weighted by Crippen LogP contribution is 2.35. The van der Waals surface area contributed by atoms with Gasteiger partial charge in [0.1, 0.15) is 5.82 Å². The van der Waals surface area contributed by atoms with Gasteiger partial charge in [0, 0.05) is 60.6 Å². The van der Waals surface area contributed by atoms with E-state index in [1.165, 1.54) is 11.8 Å². The minimum absolute atomic E-state index is 0.000206. The Kier molecular flexibility index (Phi) is 6.22. The molecule has 31 heavy (non-hydrogen) atoms. The lowest BCUT2D eigenvalue weighted by Gasteiger charge is -2.37. The van der Waals surface area contributed by atoms with Crippen molar-refractivity contribution in [3.05, 3.63) is 45.8 Å². The van der Waals surface area contributed by atoms with Crippen LogP contribution in [0.4, 0.5) is 5.82 Å². The Morgan fingerprint density at radius 3 is 2.94 bits per heavy atom. The first-order chi connectivity index (χ1) is 14.8. The highest BCUT2D eigenvalue weighted by molar-refractivity contribution is 7.19. The van der Waals surface area contributed by atoms with Gasteiger partial charge in [0.15, 0.2) is 0 Å². The minimum atomic E-state index is -0.168. The van der Waals surface area contributed by atoms with Gasteiger partial charge in [-0.2, -0.15) is 0 Å². The van der Waals surface area contributed by atoms with Crippen molar-refractivity contribution < 1.29 is 9.53 Å². The molecular weight excluding hydrogens is 412 g/mol. The molecule has 1 fully saturated rings. The van der Waals surface area contributed by atoms with Gasteiger partial charge in [-0.05, 0) is 29.7 Å². The fourth-order valence-corrected chi connectivity index (χ4v) is 5.31. The number of aryl methyl sites for hydroxylation is 1. The second-order valence-electron chi connectivity index (χ2n) is 8.38. The maximum absolute atomic E-state index is 12.9. The van der Waals surface area contributed by atoms with Crippen LogP contribution >= 0.6 is 11.3 Å². The second-order valence-corrected chi connectivity index (χ2v) is 9.52. The largest absolute Gasteiger partial charge is 0.378 e. The monoisotopic (exact) mass is 440 g/mol. The van der Waals surface area contributed by atoms with Gasteiger partial charge in [0.2, 0.25) is 5.91 Å². The lowest BCUT2D eigenvalue weighted by atomic mass is 10.0. The first-order valence-corrected chi connectivity index (χ1v) is 11.3. The number of nitrogens with zero attached hydrogens (tertiary/aromatic N) is 3. The van der Waals surface area contributed by atoms with Crippen molar-refractivity contribution >= 4 is 33.1 Å². The Morgan fingerprint density at radius 2 is 2.19 bits per heavy atom. The molecule has 1 saturated heterocycles. The molecule has 3 aromatic rings. The van der Waals surface area contributed by atoms with Gasteiger partial charge in [0.25, 0.3) is 5.56 Å². The fraction of sp³-hybridized carbons (Fsp3) is 0.435. The molecule has 1 unspecified atom stereocenters. The Balaban J connectivity index is 1.75. The number of nitrogens with one attached hydrogen (secondary N) is 1. The fourth-order valence-electron chi connectivity index (χ4n) is 4.10. The number of ether oxygens (including phenoxy) is 1. The average Bonchev–Trinajstić information content (AvgIpc) is 3.14. The summed E-state index contributed by atoms with van der Waals surface area (Å²) in [6, 6.07) is 6.16. The van der Waals surface area contributed by atoms with Crippen LogP contribution in [0.5, 0.6) is 0 Å². The van der Waals surface area contributed by atoms with Crippen molar-refractivity contribution in [3.63, 3.8) is 0 Å². The SMILES string of the molecule is CC(=O)Nc1cc(-c2cn(C)c(=O)c3cc(CN4CCOCC4C(C)C)sc23)ccn1. The molecular formula is C23H28N4O3S. The van der Waals surface area contributed by atoms with Gasteiger partial charge in [0.05, 0.1) is 18.6 Å². The number of anilines is 1. The van der Waals surface area contributed by atoms with Crippen molar-refractivity contribution in [1.82, 2.24) is 14.5 Å². The zero-order valence-electron chi connectivity index (χ0n) is 18.3. The normalized spacial score (nSPS) is 17.4. The quantitative estimate of drug-likeness (QED) is 0.657. The van der Waals surface area contributed by atoms with Crippen molar-refractivity contribution in [2.45, 2.75) is 33.4 Å². The van der Waals surface area contributed by atoms with E-state index < -0.39 is 0 Å². The summed E-state index contributed by atoms with van der Waals surface area (Å²) in [5.41, 5.74) is 1.88. The maximum Gasteiger partial charge on any atom is 0.259 e. The molecule has 1 atom stereocenters. The number of fused-ring (bicyclic) bond motifs is 1. The summed E-state index contributed by atoms with van der Waals surface area (Å²) in [6.07, 6.45) is 3.54. The first kappa shape index (κ1) is 21.7. The van der Waals surface area contributed by atoms with Gasteiger partial charge in [-0.3, -0.25) is 14.5 Å². The summed E-state index contributed by atoms with van der Waals surface area (Å²) < 4.78 is 8.28. The van der Waals surface area contributed by atoms with Crippen LogP contribution in [-0.2, 0) is 23.1 Å². The molecule has 0 saturated carbocycles. The molecule has 3 aromatic heterocycles. The molecule has 1 aliphatic heterocycles. The number of morpholine rings is 1. The third kappa shape index (κ3) is 4.56. The van der Waals surface area contributed by atoms with E-state index in [9.17, 15) is 9.59 Å². The average molecular weight is 441 g/mol. The standard InChI is InChI=1S/C23H28N4O3S/c1-14(2)20-13-30-8-7-27(20)11-17-10-18-22(31-17)19(12-26(4)23(18)29)16-5-6-24-21(9-16)25-15(3)28/h5-6,9-10,12,14,20H,7-8,11,13H2,1-4H3,(H,24,25,28). The zero-order chi connectivity index (χ0) is 22.1. The Hall–Kier alpha value is -2.55. The summed E-state index contributed by atoms with van der Waals surface area (Å²) in [4.78, 5) is 32.1. The molecule has 4 heterocycles. The molecule has 164 valence electrons. The summed E-state index contributed by atoms with van der Waals surface area (Å²) >= 11 is 1.67. The number of hydrogen-bond acceptors (Lipinski definition) is 6. The van der Waals surface area contributed by atoms with Crippen LogP contribution in [0.25, 0.3) is 21.2 Å². The number of rotatable bonds is 5. The Bertz CT molecular complexity index is 1170. The maximum atomic E-state index is 12.9. The molecule has 7 nitrogen and oxygen atoms in total. The highest BCUT2D eigenvalue weighted by Gasteiger charge is 2.26. The van der Waals surface area contributed by atoms with Crippen LogP contribution in [0.2, 0.25) is 0 Å². The van der Waals surface area contributed by atoms with Crippen LogP contribution in [0.1, 0.15) is 25.6 Å². The molecule has 8 heteroatoms. The van der Waals surface area contributed by atoms with Crippen LogP contribution in [0.15, 0.2) is 35.4 Å². The third-order valence-corrected chi connectivity index (χ3v) is 6.84. The van der Waals surface area contributed by atoms with Gasteiger partial charge >= 0.3 is 0 Å². The number of amides is 1. The van der Waals surface area contributed by atoms with E-state index in [2.05, 4.69) is 29.0 Å². The lowest BCUT2D eigenvalue weighted by Crippen LogP contribution is -2.47. The van der Waals surface area contributed by atoms with Gasteiger partial charge < -0.3 is 14.6 Å². The number of hydrogen-bond donors (Lipinski definition) is 1. The predicted octanol–water partition coefficient (Wildman–Crippen LogP) is 3.48. The number of aromatic nitrogens is 2. The first-order valence-electron chi connectivity index (χ1n) is 10.5. The number of thiophene rings is 1. The van der Waals surface area contributed by atoms with Crippen LogP contribution in [0, 0.1) is 5.92 Å². The van der Waals surface area contributed by atoms with Crippen molar-refractivity contribution in [3.8, 4) is 11.1 Å². The van der Waals surface area contributed by atoms with Crippen molar-refractivity contribution in [2.24, 2.45) is 13.0 Å². The summed E-state index contributed by atoms with van der Waals surface area (Å²) in [6.45, 7) is 9.10. The minimum Gasteiger partial charge on any atom is -0.378 e. The van der Waals surface area contributed by atoms with Crippen molar-refractivity contribution in [2.75, 3.05) is 25.1 Å². The lowest BCUT2D eigenvalue weighted by molar-refractivity contribution is -0.114. The second kappa shape index (κ2) is 8.90. The molecule has 0 aromatic carbocycles. The predicted molar refractivity (Wildman–Crippen MR) is 124 cm³/mol. The molecule has 0 spiro atoms. The van der Waals surface area contributed by atoms with Gasteiger partial charge in [-0.1, -0.05) is 13.8 Å². The van der Waals surface area contributed by atoms with E-state index in [-0.39, 0.29) is 11.5 Å². The third-order valence-electron chi connectivity index (χ3n) is 5.69. The van der Waals surface area contributed by atoms with Crippen molar-refractivity contribution in [1.29, 1.82) is 0 Å². The molecule has 1 aliphatic rings. The van der Waals surface area contributed by atoms with Gasteiger partial charge in [-0.15, -0.1) is 11.3 Å². The summed E-state index contributed by atoms with van der Waals surface area (Å²) in [5, 5.41) is 3.46. The zero-order valence-corrected chi connectivity index (χ0v) is 19.2. The van der Waals surface area contributed by atoms with Gasteiger partial charge in [-0.25, -0.2) is 4.98 Å². The molecule has 1 N–H and O–H groups in total. The van der Waals surface area contributed by atoms with E-state index in [0.29, 0.717) is 17.8 Å². The van der Waals surface area contributed by atoms with Crippen LogP contribution in [0.3, 0.4) is 0 Å². The molecule has 1 amide bonds. The molecule has 0 radical (unpaired) electrons. The Labute approximate surface area is 185 Å². The topological polar surface area (TPSA) is 76.5 Å². The van der Waals surface area contributed by atoms with E-state index in [1.54, 1.807) is 29.1 Å². The number of carbonyl (C=O) groups excluding carboxylic acids is 1. The summed E-state index contributed by atoms with van der Waals surface area (Å²) in [7, 11) is 1.77.